The Kier molecular flexibility index (Phi) is 4.40. The lowest BCUT2D eigenvalue weighted by Gasteiger charge is -2.24. The number of hydrogen-bond acceptors (Lipinski definition) is 2. The van der Waals surface area contributed by atoms with Gasteiger partial charge in [0.15, 0.2) is 0 Å². The van der Waals surface area contributed by atoms with Gasteiger partial charge in [0.1, 0.15) is 5.82 Å². The first-order chi connectivity index (χ1) is 7.20. The summed E-state index contributed by atoms with van der Waals surface area (Å²) in [5.41, 5.74) is 6.78. The van der Waals surface area contributed by atoms with Crippen molar-refractivity contribution in [1.29, 1.82) is 0 Å². The lowest BCUT2D eigenvalue weighted by Crippen LogP contribution is -2.25. The third-order valence-corrected chi connectivity index (χ3v) is 2.53. The molecule has 0 aliphatic heterocycles. The van der Waals surface area contributed by atoms with Crippen LogP contribution in [0.25, 0.3) is 0 Å². The number of nitrogens with zero attached hydrogens (tertiary/aromatic N) is 1. The second kappa shape index (κ2) is 5.59. The first kappa shape index (κ1) is 11.8. The summed E-state index contributed by atoms with van der Waals surface area (Å²) in [5, 5.41) is 0. The molecular formula is C12H19FN2. The van der Waals surface area contributed by atoms with Crippen LogP contribution in [0.4, 0.5) is 15.8 Å². The van der Waals surface area contributed by atoms with E-state index in [0.717, 1.165) is 31.6 Å². The van der Waals surface area contributed by atoms with Crippen LogP contribution in [0, 0.1) is 5.82 Å². The maximum Gasteiger partial charge on any atom is 0.148 e. The molecular weight excluding hydrogens is 191 g/mol. The molecule has 84 valence electrons. The van der Waals surface area contributed by atoms with Gasteiger partial charge < -0.3 is 10.6 Å². The number of rotatable bonds is 5. The predicted molar refractivity (Wildman–Crippen MR) is 63.6 cm³/mol. The average molecular weight is 210 g/mol. The van der Waals surface area contributed by atoms with Crippen molar-refractivity contribution in [2.45, 2.75) is 26.7 Å². The molecule has 0 saturated carbocycles. The van der Waals surface area contributed by atoms with Crippen LogP contribution in [0.5, 0.6) is 0 Å². The van der Waals surface area contributed by atoms with E-state index in [-0.39, 0.29) is 11.5 Å². The number of nitrogen functional groups attached to an aromatic ring is 1. The minimum Gasteiger partial charge on any atom is -0.395 e. The maximum atomic E-state index is 13.2. The van der Waals surface area contributed by atoms with Crippen molar-refractivity contribution in [3.8, 4) is 0 Å². The van der Waals surface area contributed by atoms with Gasteiger partial charge in [-0.15, -0.1) is 0 Å². The van der Waals surface area contributed by atoms with Gasteiger partial charge in [0.2, 0.25) is 0 Å². The Morgan fingerprint density at radius 1 is 1.33 bits per heavy atom. The molecule has 1 aromatic carbocycles. The number of halogens is 1. The van der Waals surface area contributed by atoms with Crippen LogP contribution in [-0.2, 0) is 0 Å². The van der Waals surface area contributed by atoms with E-state index < -0.39 is 0 Å². The number of hydrogen-bond donors (Lipinski definition) is 1. The van der Waals surface area contributed by atoms with Crippen molar-refractivity contribution in [2.24, 2.45) is 0 Å². The molecule has 0 fully saturated rings. The Hall–Kier alpha value is -1.25. The van der Waals surface area contributed by atoms with E-state index in [2.05, 4.69) is 18.7 Å². The quantitative estimate of drug-likeness (QED) is 0.757. The Balaban J connectivity index is 2.86. The molecule has 3 heteroatoms. The van der Waals surface area contributed by atoms with E-state index in [1.54, 1.807) is 6.07 Å². The van der Waals surface area contributed by atoms with E-state index in [0.29, 0.717) is 0 Å². The number of para-hydroxylation sites is 1. The van der Waals surface area contributed by atoms with Gasteiger partial charge in [-0.05, 0) is 25.5 Å². The summed E-state index contributed by atoms with van der Waals surface area (Å²) in [5.74, 6) is -0.331. The highest BCUT2D eigenvalue weighted by atomic mass is 19.1. The monoisotopic (exact) mass is 210 g/mol. The fraction of sp³-hybridized carbons (Fsp3) is 0.500. The minimum absolute atomic E-state index is 0.260. The van der Waals surface area contributed by atoms with Gasteiger partial charge in [0.25, 0.3) is 0 Å². The van der Waals surface area contributed by atoms with Crippen LogP contribution in [0.2, 0.25) is 0 Å². The van der Waals surface area contributed by atoms with Gasteiger partial charge in [0, 0.05) is 13.1 Å². The number of benzene rings is 1. The molecule has 0 heterocycles. The molecule has 0 aliphatic rings. The van der Waals surface area contributed by atoms with Gasteiger partial charge in [-0.25, -0.2) is 4.39 Å². The van der Waals surface area contributed by atoms with Gasteiger partial charge in [-0.3, -0.25) is 0 Å². The lowest BCUT2D eigenvalue weighted by atomic mass is 10.2. The predicted octanol–water partition coefficient (Wildman–Crippen LogP) is 3.03. The van der Waals surface area contributed by atoms with Gasteiger partial charge in [0.05, 0.1) is 11.4 Å². The lowest BCUT2D eigenvalue weighted by molar-refractivity contribution is 0.630. The highest BCUT2D eigenvalue weighted by molar-refractivity contribution is 5.67. The SMILES string of the molecule is CCCCN(CC)c1cccc(F)c1N. The van der Waals surface area contributed by atoms with Crippen LogP contribution in [0.3, 0.4) is 0 Å². The summed E-state index contributed by atoms with van der Waals surface area (Å²) < 4.78 is 13.2. The molecule has 0 spiro atoms. The van der Waals surface area contributed by atoms with Crippen LogP contribution >= 0.6 is 0 Å². The molecule has 0 aromatic heterocycles. The largest absolute Gasteiger partial charge is 0.395 e. The van der Waals surface area contributed by atoms with Crippen molar-refractivity contribution in [3.63, 3.8) is 0 Å². The van der Waals surface area contributed by atoms with E-state index in [4.69, 9.17) is 5.73 Å². The molecule has 1 rings (SSSR count). The van der Waals surface area contributed by atoms with Crippen molar-refractivity contribution in [2.75, 3.05) is 23.7 Å². The summed E-state index contributed by atoms with van der Waals surface area (Å²) in [6, 6.07) is 4.97. The van der Waals surface area contributed by atoms with Crippen LogP contribution < -0.4 is 10.6 Å². The summed E-state index contributed by atoms with van der Waals surface area (Å²) in [6.07, 6.45) is 2.23. The summed E-state index contributed by atoms with van der Waals surface area (Å²) in [4.78, 5) is 2.11. The second-order valence-electron chi connectivity index (χ2n) is 3.61. The molecule has 2 N–H and O–H groups in total. The standard InChI is InChI=1S/C12H19FN2/c1-3-5-9-15(4-2)11-8-6-7-10(13)12(11)14/h6-8H,3-5,9,14H2,1-2H3. The molecule has 0 saturated heterocycles. The Morgan fingerprint density at radius 3 is 2.67 bits per heavy atom. The molecule has 2 nitrogen and oxygen atoms in total. The normalized spacial score (nSPS) is 10.3. The third kappa shape index (κ3) is 2.85. The van der Waals surface area contributed by atoms with Crippen molar-refractivity contribution < 1.29 is 4.39 Å². The van der Waals surface area contributed by atoms with E-state index in [1.165, 1.54) is 6.07 Å². The molecule has 0 amide bonds. The first-order valence-corrected chi connectivity index (χ1v) is 5.49. The molecule has 0 aliphatic carbocycles. The Bertz CT molecular complexity index is 312. The maximum absolute atomic E-state index is 13.2. The van der Waals surface area contributed by atoms with Crippen LogP contribution in [0.1, 0.15) is 26.7 Å². The summed E-state index contributed by atoms with van der Waals surface area (Å²) >= 11 is 0. The van der Waals surface area contributed by atoms with E-state index >= 15 is 0 Å². The van der Waals surface area contributed by atoms with Crippen molar-refractivity contribution in [3.05, 3.63) is 24.0 Å². The Labute approximate surface area is 90.9 Å². The zero-order chi connectivity index (χ0) is 11.3. The molecule has 0 unspecified atom stereocenters. The zero-order valence-electron chi connectivity index (χ0n) is 9.46. The smallest absolute Gasteiger partial charge is 0.148 e. The van der Waals surface area contributed by atoms with Crippen molar-refractivity contribution in [1.82, 2.24) is 0 Å². The fourth-order valence-electron chi connectivity index (χ4n) is 1.60. The molecule has 15 heavy (non-hydrogen) atoms. The Morgan fingerprint density at radius 2 is 2.07 bits per heavy atom. The second-order valence-corrected chi connectivity index (χ2v) is 3.61. The van der Waals surface area contributed by atoms with Crippen molar-refractivity contribution >= 4 is 11.4 Å². The number of anilines is 2. The van der Waals surface area contributed by atoms with Gasteiger partial charge in [-0.1, -0.05) is 19.4 Å². The van der Waals surface area contributed by atoms with E-state index in [9.17, 15) is 4.39 Å². The average Bonchev–Trinajstić information content (AvgIpc) is 2.25. The fourth-order valence-corrected chi connectivity index (χ4v) is 1.60. The topological polar surface area (TPSA) is 29.3 Å². The highest BCUT2D eigenvalue weighted by Gasteiger charge is 2.09. The summed E-state index contributed by atoms with van der Waals surface area (Å²) in [6.45, 7) is 5.98. The number of nitrogens with two attached hydrogens (primary N) is 1. The highest BCUT2D eigenvalue weighted by Crippen LogP contribution is 2.25. The minimum atomic E-state index is -0.331. The van der Waals surface area contributed by atoms with Crippen LogP contribution in [0.15, 0.2) is 18.2 Å². The van der Waals surface area contributed by atoms with E-state index in [1.807, 2.05) is 6.07 Å². The summed E-state index contributed by atoms with van der Waals surface area (Å²) in [7, 11) is 0. The number of unbranched alkanes of at least 4 members (excludes halogenated alkanes) is 1. The van der Waals surface area contributed by atoms with Gasteiger partial charge >= 0.3 is 0 Å². The molecule has 0 bridgehead atoms. The molecule has 0 atom stereocenters. The first-order valence-electron chi connectivity index (χ1n) is 5.49. The van der Waals surface area contributed by atoms with Gasteiger partial charge in [-0.2, -0.15) is 0 Å². The molecule has 1 aromatic rings. The third-order valence-electron chi connectivity index (χ3n) is 2.53. The molecule has 0 radical (unpaired) electrons. The van der Waals surface area contributed by atoms with Crippen LogP contribution in [-0.4, -0.2) is 13.1 Å². The zero-order valence-corrected chi connectivity index (χ0v) is 9.46.